The van der Waals surface area contributed by atoms with Crippen molar-refractivity contribution in [3.63, 3.8) is 0 Å². The highest BCUT2D eigenvalue weighted by Gasteiger charge is 2.33. The minimum Gasteiger partial charge on any atom is -0.493 e. The van der Waals surface area contributed by atoms with Crippen LogP contribution in [0, 0.1) is 3.57 Å². The first-order chi connectivity index (χ1) is 17.8. The molecule has 0 aromatic heterocycles. The number of nitrogens with zero attached hydrogens (tertiary/aromatic N) is 2. The van der Waals surface area contributed by atoms with Crippen molar-refractivity contribution in [1.82, 2.24) is 4.90 Å². The predicted octanol–water partition coefficient (Wildman–Crippen LogP) is 8.85. The number of amidine groups is 1. The van der Waals surface area contributed by atoms with Gasteiger partial charge in [0.25, 0.3) is 5.91 Å². The number of carbonyl (C=O) groups excluding carboxylic acids is 1. The van der Waals surface area contributed by atoms with Gasteiger partial charge in [-0.25, -0.2) is 4.99 Å². The Morgan fingerprint density at radius 1 is 1.05 bits per heavy atom. The van der Waals surface area contributed by atoms with Gasteiger partial charge in [0.2, 0.25) is 0 Å². The zero-order valence-electron chi connectivity index (χ0n) is 19.9. The summed E-state index contributed by atoms with van der Waals surface area (Å²) >= 11 is 21.8. The number of rotatable bonds is 8. The van der Waals surface area contributed by atoms with E-state index in [4.69, 9.17) is 49.3 Å². The number of halogens is 4. The minimum absolute atomic E-state index is 0.0776. The predicted molar refractivity (Wildman–Crippen MR) is 163 cm³/mol. The van der Waals surface area contributed by atoms with Crippen LogP contribution in [-0.2, 0) is 11.4 Å². The summed E-state index contributed by atoms with van der Waals surface area (Å²) in [5.74, 6) is 1.07. The van der Waals surface area contributed by atoms with Crippen LogP contribution in [0.3, 0.4) is 0 Å². The van der Waals surface area contributed by atoms with Gasteiger partial charge in [-0.2, -0.15) is 0 Å². The number of hydrogen-bond donors (Lipinski definition) is 0. The van der Waals surface area contributed by atoms with Crippen molar-refractivity contribution in [3.05, 3.63) is 89.3 Å². The van der Waals surface area contributed by atoms with Crippen LogP contribution in [0.2, 0.25) is 15.1 Å². The van der Waals surface area contributed by atoms with Crippen molar-refractivity contribution in [3.8, 4) is 11.5 Å². The molecule has 10 heteroatoms. The van der Waals surface area contributed by atoms with E-state index in [1.807, 2.05) is 43.3 Å². The van der Waals surface area contributed by atoms with Gasteiger partial charge in [0.05, 0.1) is 21.3 Å². The summed E-state index contributed by atoms with van der Waals surface area (Å²) in [5.41, 5.74) is 2.37. The molecule has 0 bridgehead atoms. The van der Waals surface area contributed by atoms with Gasteiger partial charge in [0.1, 0.15) is 6.61 Å². The molecule has 192 valence electrons. The molecule has 1 amide bonds. The van der Waals surface area contributed by atoms with Gasteiger partial charge < -0.3 is 9.47 Å². The van der Waals surface area contributed by atoms with Crippen LogP contribution < -0.4 is 9.47 Å². The monoisotopic (exact) mass is 686 g/mol. The van der Waals surface area contributed by atoms with Crippen LogP contribution in [0.1, 0.15) is 24.5 Å². The quantitative estimate of drug-likeness (QED) is 0.176. The van der Waals surface area contributed by atoms with Crippen molar-refractivity contribution < 1.29 is 14.3 Å². The zero-order valence-corrected chi connectivity index (χ0v) is 25.2. The molecule has 0 saturated carbocycles. The van der Waals surface area contributed by atoms with Crippen LogP contribution in [0.15, 0.2) is 64.5 Å². The summed E-state index contributed by atoms with van der Waals surface area (Å²) < 4.78 is 12.5. The third-order valence-corrected chi connectivity index (χ3v) is 7.97. The minimum atomic E-state index is -0.0776. The summed E-state index contributed by atoms with van der Waals surface area (Å²) in [4.78, 5) is 20.2. The standard InChI is InChI=1S/C27H22Cl3IN2O3S/c1-3-10-33-26(34)24(37-27(33)32-20-8-6-18(28)7-9-20)13-16-11-22(31)25(23(12-16)35-2)36-15-17-4-5-19(29)14-21(17)30/h4-9,11-14H,3,10,15H2,1-2H3/b24-13-,32-27?. The fraction of sp³-hybridized carbons (Fsp3) is 0.185. The summed E-state index contributed by atoms with van der Waals surface area (Å²) in [6.07, 6.45) is 2.67. The maximum absolute atomic E-state index is 13.2. The highest BCUT2D eigenvalue weighted by atomic mass is 127. The van der Waals surface area contributed by atoms with Gasteiger partial charge in [0.15, 0.2) is 16.7 Å². The topological polar surface area (TPSA) is 51.1 Å². The van der Waals surface area contributed by atoms with Crippen LogP contribution in [0.5, 0.6) is 11.5 Å². The molecule has 0 N–H and O–H groups in total. The molecule has 1 saturated heterocycles. The van der Waals surface area contributed by atoms with E-state index >= 15 is 0 Å². The summed E-state index contributed by atoms with van der Waals surface area (Å²) in [7, 11) is 1.58. The Labute approximate surface area is 248 Å². The zero-order chi connectivity index (χ0) is 26.5. The average Bonchev–Trinajstić information content (AvgIpc) is 3.14. The molecule has 0 radical (unpaired) electrons. The molecule has 1 aliphatic heterocycles. The van der Waals surface area contributed by atoms with Crippen molar-refractivity contribution in [2.45, 2.75) is 20.0 Å². The van der Waals surface area contributed by atoms with E-state index in [1.165, 1.54) is 11.8 Å². The molecule has 0 aliphatic carbocycles. The van der Waals surface area contributed by atoms with Gasteiger partial charge in [-0.3, -0.25) is 9.69 Å². The van der Waals surface area contributed by atoms with Gasteiger partial charge in [-0.1, -0.05) is 47.8 Å². The molecular weight excluding hydrogens is 666 g/mol. The molecule has 0 atom stereocenters. The Hall–Kier alpha value is -1.91. The molecule has 0 unspecified atom stereocenters. The van der Waals surface area contributed by atoms with Gasteiger partial charge in [0, 0.05) is 27.2 Å². The SMILES string of the molecule is CCCN1C(=O)/C(=C/c2cc(I)c(OCc3ccc(Cl)cc3Cl)c(OC)c2)SC1=Nc1ccc(Cl)cc1. The molecule has 5 nitrogen and oxygen atoms in total. The maximum atomic E-state index is 13.2. The lowest BCUT2D eigenvalue weighted by Crippen LogP contribution is -2.29. The average molecular weight is 688 g/mol. The second-order valence-corrected chi connectivity index (χ2v) is 11.4. The van der Waals surface area contributed by atoms with Gasteiger partial charge >= 0.3 is 0 Å². The summed E-state index contributed by atoms with van der Waals surface area (Å²) in [5, 5.41) is 2.38. The largest absolute Gasteiger partial charge is 0.493 e. The number of ether oxygens (including phenoxy) is 2. The molecule has 4 rings (SSSR count). The summed E-state index contributed by atoms with van der Waals surface area (Å²) in [6.45, 7) is 2.87. The number of hydrogen-bond acceptors (Lipinski definition) is 5. The lowest BCUT2D eigenvalue weighted by atomic mass is 10.1. The number of methoxy groups -OCH3 is 1. The van der Waals surface area contributed by atoms with E-state index in [-0.39, 0.29) is 12.5 Å². The van der Waals surface area contributed by atoms with Gasteiger partial charge in [-0.15, -0.1) is 0 Å². The van der Waals surface area contributed by atoms with E-state index in [0.717, 1.165) is 26.8 Å². The van der Waals surface area contributed by atoms with E-state index in [2.05, 4.69) is 22.6 Å². The second-order valence-electron chi connectivity index (χ2n) is 8.00. The number of amides is 1. The lowest BCUT2D eigenvalue weighted by Gasteiger charge is -2.15. The maximum Gasteiger partial charge on any atom is 0.266 e. The van der Waals surface area contributed by atoms with E-state index in [0.29, 0.717) is 43.2 Å². The fourth-order valence-corrected chi connectivity index (χ4v) is 5.94. The Bertz CT molecular complexity index is 1380. The molecule has 1 fully saturated rings. The van der Waals surface area contributed by atoms with Crippen LogP contribution in [0.25, 0.3) is 6.08 Å². The van der Waals surface area contributed by atoms with Crippen LogP contribution >= 0.6 is 69.2 Å². The second kappa shape index (κ2) is 12.8. The first-order valence-corrected chi connectivity index (χ1v) is 14.3. The van der Waals surface area contributed by atoms with Crippen molar-refractivity contribution in [1.29, 1.82) is 0 Å². The highest BCUT2D eigenvalue weighted by Crippen LogP contribution is 2.38. The van der Waals surface area contributed by atoms with Crippen LogP contribution in [0.4, 0.5) is 5.69 Å². The number of benzene rings is 3. The number of carbonyl (C=O) groups is 1. The third kappa shape index (κ3) is 6.95. The molecule has 1 aliphatic rings. The van der Waals surface area contributed by atoms with Crippen molar-refractivity contribution in [2.24, 2.45) is 4.99 Å². The molecule has 37 heavy (non-hydrogen) atoms. The smallest absolute Gasteiger partial charge is 0.266 e. The van der Waals surface area contributed by atoms with Gasteiger partial charge in [-0.05, 0) is 101 Å². The summed E-state index contributed by atoms with van der Waals surface area (Å²) in [6, 6.07) is 16.3. The first kappa shape index (κ1) is 28.1. The molecule has 3 aromatic rings. The normalized spacial score (nSPS) is 15.6. The Balaban J connectivity index is 1.60. The molecule has 1 heterocycles. The lowest BCUT2D eigenvalue weighted by molar-refractivity contribution is -0.122. The Kier molecular flexibility index (Phi) is 9.69. The van der Waals surface area contributed by atoms with E-state index < -0.39 is 0 Å². The van der Waals surface area contributed by atoms with Crippen molar-refractivity contribution in [2.75, 3.05) is 13.7 Å². The van der Waals surface area contributed by atoms with E-state index in [9.17, 15) is 4.79 Å². The fourth-order valence-electron chi connectivity index (χ4n) is 3.54. The highest BCUT2D eigenvalue weighted by molar-refractivity contribution is 14.1. The third-order valence-electron chi connectivity index (χ3n) is 5.32. The first-order valence-electron chi connectivity index (χ1n) is 11.3. The van der Waals surface area contributed by atoms with Crippen molar-refractivity contribution >= 4 is 92.0 Å². The molecule has 0 spiro atoms. The molecular formula is C27H22Cl3IN2O3S. The van der Waals surface area contributed by atoms with Crippen LogP contribution in [-0.4, -0.2) is 29.6 Å². The number of aliphatic imine (C=N–C) groups is 1. The molecule has 3 aromatic carbocycles. The Morgan fingerprint density at radius 3 is 2.46 bits per heavy atom. The number of thioether (sulfide) groups is 1. The Morgan fingerprint density at radius 2 is 1.78 bits per heavy atom. The van der Waals surface area contributed by atoms with E-state index in [1.54, 1.807) is 36.3 Å².